The topological polar surface area (TPSA) is 29.5 Å². The molecule has 0 heterocycles. The van der Waals surface area contributed by atoms with Crippen LogP contribution in [0.5, 0.6) is 0 Å². The fraction of sp³-hybridized carbons (Fsp3) is 0.600. The Morgan fingerprint density at radius 3 is 2.33 bits per heavy atom. The van der Waals surface area contributed by atoms with E-state index < -0.39 is 5.60 Å². The third kappa shape index (κ3) is 3.79. The van der Waals surface area contributed by atoms with Crippen LogP contribution in [-0.4, -0.2) is 17.8 Å². The van der Waals surface area contributed by atoms with Crippen LogP contribution in [0.4, 0.5) is 4.39 Å². The van der Waals surface area contributed by atoms with Crippen molar-refractivity contribution in [1.29, 1.82) is 0 Å². The van der Waals surface area contributed by atoms with Crippen LogP contribution in [-0.2, 0) is 10.3 Å². The predicted octanol–water partition coefficient (Wildman–Crippen LogP) is 3.55. The molecule has 2 nitrogen and oxygen atoms in total. The van der Waals surface area contributed by atoms with Gasteiger partial charge in [-0.3, -0.25) is 0 Å². The molecule has 1 atom stereocenters. The van der Waals surface area contributed by atoms with E-state index in [9.17, 15) is 9.50 Å². The van der Waals surface area contributed by atoms with Crippen molar-refractivity contribution in [3.63, 3.8) is 0 Å². The van der Waals surface area contributed by atoms with Gasteiger partial charge in [0.15, 0.2) is 0 Å². The van der Waals surface area contributed by atoms with Crippen LogP contribution in [0.25, 0.3) is 0 Å². The number of benzene rings is 1. The van der Waals surface area contributed by atoms with Gasteiger partial charge < -0.3 is 9.84 Å². The summed E-state index contributed by atoms with van der Waals surface area (Å²) in [5, 5.41) is 10.4. The molecule has 0 fully saturated rings. The summed E-state index contributed by atoms with van der Waals surface area (Å²) in [4.78, 5) is 0. The maximum absolute atomic E-state index is 13.5. The van der Waals surface area contributed by atoms with E-state index in [4.69, 9.17) is 4.74 Å². The summed E-state index contributed by atoms with van der Waals surface area (Å²) in [5.41, 5.74) is -0.123. The monoisotopic (exact) mass is 254 g/mol. The van der Waals surface area contributed by atoms with Crippen molar-refractivity contribution in [2.24, 2.45) is 0 Å². The first-order valence-electron chi connectivity index (χ1n) is 6.22. The van der Waals surface area contributed by atoms with Crippen molar-refractivity contribution in [3.8, 4) is 0 Å². The molecule has 0 aromatic heterocycles. The van der Waals surface area contributed by atoms with Gasteiger partial charge in [-0.05, 0) is 57.7 Å². The molecule has 0 saturated heterocycles. The minimum absolute atomic E-state index is 0.279. The Bertz CT molecular complexity index is 411. The van der Waals surface area contributed by atoms with Gasteiger partial charge >= 0.3 is 0 Å². The van der Waals surface area contributed by atoms with Gasteiger partial charge in [0.2, 0.25) is 0 Å². The number of aryl methyl sites for hydroxylation is 1. The molecular formula is C15H23FO2. The standard InChI is InChI=1S/C15H23FO2/c1-11-6-7-12(10-13(11)16)15(4,17)9-8-14(2,3)18-5/h6-7,10,17H,8-9H2,1-5H3. The molecule has 1 unspecified atom stereocenters. The number of methoxy groups -OCH3 is 1. The van der Waals surface area contributed by atoms with Crippen molar-refractivity contribution in [1.82, 2.24) is 0 Å². The first kappa shape index (κ1) is 15.1. The van der Waals surface area contributed by atoms with Crippen LogP contribution in [0.2, 0.25) is 0 Å². The lowest BCUT2D eigenvalue weighted by Gasteiger charge is -2.30. The second-order valence-electron chi connectivity index (χ2n) is 5.70. The van der Waals surface area contributed by atoms with Gasteiger partial charge in [0.05, 0.1) is 11.2 Å². The minimum atomic E-state index is -1.04. The second-order valence-corrected chi connectivity index (χ2v) is 5.70. The van der Waals surface area contributed by atoms with Gasteiger partial charge in [-0.25, -0.2) is 4.39 Å². The normalized spacial score (nSPS) is 15.5. The van der Waals surface area contributed by atoms with Crippen LogP contribution in [0.1, 0.15) is 44.7 Å². The number of ether oxygens (including phenoxy) is 1. The number of rotatable bonds is 5. The highest BCUT2D eigenvalue weighted by Crippen LogP contribution is 2.30. The van der Waals surface area contributed by atoms with E-state index in [1.807, 2.05) is 13.8 Å². The highest BCUT2D eigenvalue weighted by Gasteiger charge is 2.27. The molecule has 1 aromatic rings. The van der Waals surface area contributed by atoms with Gasteiger partial charge in [0.1, 0.15) is 5.82 Å². The highest BCUT2D eigenvalue weighted by atomic mass is 19.1. The van der Waals surface area contributed by atoms with E-state index in [0.717, 1.165) is 0 Å². The molecular weight excluding hydrogens is 231 g/mol. The van der Waals surface area contributed by atoms with E-state index in [2.05, 4.69) is 0 Å². The Balaban J connectivity index is 2.82. The summed E-state index contributed by atoms with van der Waals surface area (Å²) in [6.07, 6.45) is 1.22. The molecule has 0 saturated carbocycles. The molecule has 0 amide bonds. The Morgan fingerprint density at radius 1 is 1.22 bits per heavy atom. The number of hydrogen-bond donors (Lipinski definition) is 1. The second kappa shape index (κ2) is 5.37. The average Bonchev–Trinajstić information content (AvgIpc) is 2.30. The predicted molar refractivity (Wildman–Crippen MR) is 71.0 cm³/mol. The third-order valence-electron chi connectivity index (χ3n) is 3.56. The van der Waals surface area contributed by atoms with Crippen LogP contribution in [0.3, 0.4) is 0 Å². The number of halogens is 1. The van der Waals surface area contributed by atoms with Crippen LogP contribution in [0.15, 0.2) is 18.2 Å². The van der Waals surface area contributed by atoms with Crippen molar-refractivity contribution >= 4 is 0 Å². The van der Waals surface area contributed by atoms with E-state index in [0.29, 0.717) is 24.0 Å². The summed E-state index contributed by atoms with van der Waals surface area (Å²) < 4.78 is 18.8. The zero-order chi connectivity index (χ0) is 14.0. The summed E-state index contributed by atoms with van der Waals surface area (Å²) in [6, 6.07) is 4.88. The van der Waals surface area contributed by atoms with E-state index in [1.165, 1.54) is 6.07 Å². The fourth-order valence-electron chi connectivity index (χ4n) is 1.72. The van der Waals surface area contributed by atoms with E-state index in [1.54, 1.807) is 33.1 Å². The maximum atomic E-state index is 13.5. The number of aliphatic hydroxyl groups is 1. The first-order valence-corrected chi connectivity index (χ1v) is 6.22. The molecule has 0 aliphatic carbocycles. The largest absolute Gasteiger partial charge is 0.385 e. The molecule has 0 aliphatic heterocycles. The lowest BCUT2D eigenvalue weighted by Crippen LogP contribution is -2.29. The van der Waals surface area contributed by atoms with Gasteiger partial charge in [-0.2, -0.15) is 0 Å². The molecule has 18 heavy (non-hydrogen) atoms. The summed E-state index contributed by atoms with van der Waals surface area (Å²) in [5.74, 6) is -0.279. The lowest BCUT2D eigenvalue weighted by molar-refractivity contribution is -0.0212. The molecule has 0 bridgehead atoms. The Labute approximate surface area is 109 Å². The number of hydrogen-bond acceptors (Lipinski definition) is 2. The Kier molecular flexibility index (Phi) is 4.51. The third-order valence-corrected chi connectivity index (χ3v) is 3.56. The minimum Gasteiger partial charge on any atom is -0.385 e. The Hall–Kier alpha value is -0.930. The van der Waals surface area contributed by atoms with Gasteiger partial charge in [0.25, 0.3) is 0 Å². The summed E-state index contributed by atoms with van der Waals surface area (Å²) in [6.45, 7) is 7.36. The van der Waals surface area contributed by atoms with E-state index >= 15 is 0 Å². The quantitative estimate of drug-likeness (QED) is 0.870. The van der Waals surface area contributed by atoms with Crippen molar-refractivity contribution in [2.45, 2.75) is 51.7 Å². The summed E-state index contributed by atoms with van der Waals surface area (Å²) in [7, 11) is 1.65. The smallest absolute Gasteiger partial charge is 0.126 e. The SMILES string of the molecule is COC(C)(C)CCC(C)(O)c1ccc(C)c(F)c1. The molecule has 0 spiro atoms. The molecule has 1 rings (SSSR count). The zero-order valence-corrected chi connectivity index (χ0v) is 11.9. The molecule has 0 aliphatic rings. The van der Waals surface area contributed by atoms with E-state index in [-0.39, 0.29) is 11.4 Å². The van der Waals surface area contributed by atoms with Gasteiger partial charge in [-0.15, -0.1) is 0 Å². The molecule has 1 aromatic carbocycles. The zero-order valence-electron chi connectivity index (χ0n) is 11.9. The van der Waals surface area contributed by atoms with Crippen LogP contribution in [0, 0.1) is 12.7 Å². The van der Waals surface area contributed by atoms with Crippen LogP contribution >= 0.6 is 0 Å². The first-order chi connectivity index (χ1) is 8.18. The van der Waals surface area contributed by atoms with Crippen molar-refractivity contribution < 1.29 is 14.2 Å². The maximum Gasteiger partial charge on any atom is 0.126 e. The van der Waals surface area contributed by atoms with Crippen molar-refractivity contribution in [3.05, 3.63) is 35.1 Å². The highest BCUT2D eigenvalue weighted by molar-refractivity contribution is 5.27. The van der Waals surface area contributed by atoms with Crippen LogP contribution < -0.4 is 0 Å². The molecule has 1 N–H and O–H groups in total. The van der Waals surface area contributed by atoms with Gasteiger partial charge in [-0.1, -0.05) is 12.1 Å². The Morgan fingerprint density at radius 2 is 1.83 bits per heavy atom. The van der Waals surface area contributed by atoms with Gasteiger partial charge in [0, 0.05) is 7.11 Å². The summed E-state index contributed by atoms with van der Waals surface area (Å²) >= 11 is 0. The van der Waals surface area contributed by atoms with Crippen molar-refractivity contribution in [2.75, 3.05) is 7.11 Å². The average molecular weight is 254 g/mol. The molecule has 0 radical (unpaired) electrons. The molecule has 102 valence electrons. The lowest BCUT2D eigenvalue weighted by atomic mass is 9.87. The fourth-order valence-corrected chi connectivity index (χ4v) is 1.72. The molecule has 3 heteroatoms.